The van der Waals surface area contributed by atoms with Gasteiger partial charge in [-0.3, -0.25) is 14.6 Å². The Morgan fingerprint density at radius 3 is 2.14 bits per heavy atom. The van der Waals surface area contributed by atoms with Crippen LogP contribution in [0.2, 0.25) is 0 Å². The van der Waals surface area contributed by atoms with Crippen molar-refractivity contribution >= 4 is 17.6 Å². The molecule has 0 spiro atoms. The van der Waals surface area contributed by atoms with Crippen LogP contribution in [0, 0.1) is 0 Å². The second-order valence-corrected chi connectivity index (χ2v) is 4.75. The Hall–Kier alpha value is -2.76. The van der Waals surface area contributed by atoms with Gasteiger partial charge in [-0.25, -0.2) is 4.98 Å². The zero-order chi connectivity index (χ0) is 15.2. The molecule has 0 atom stereocenters. The van der Waals surface area contributed by atoms with Gasteiger partial charge in [-0.15, -0.1) is 0 Å². The van der Waals surface area contributed by atoms with E-state index in [0.717, 1.165) is 0 Å². The molecule has 0 unspecified atom stereocenters. The molecule has 1 aromatic carbocycles. The third-order valence-corrected chi connectivity index (χ3v) is 2.63. The largest absolute Gasteiger partial charge is 0.350 e. The lowest BCUT2D eigenvalue weighted by molar-refractivity contribution is 0.0941. The van der Waals surface area contributed by atoms with E-state index in [1.165, 1.54) is 18.6 Å². The van der Waals surface area contributed by atoms with Crippen LogP contribution in [0.25, 0.3) is 0 Å². The molecule has 0 saturated carbocycles. The second-order valence-electron chi connectivity index (χ2n) is 4.75. The minimum atomic E-state index is -0.300. The Morgan fingerprint density at radius 2 is 1.62 bits per heavy atom. The first-order chi connectivity index (χ1) is 10.1. The highest BCUT2D eigenvalue weighted by molar-refractivity contribution is 6.04. The van der Waals surface area contributed by atoms with Gasteiger partial charge in [0.2, 0.25) is 0 Å². The second kappa shape index (κ2) is 6.60. The molecule has 0 saturated heterocycles. The normalized spacial score (nSPS) is 10.2. The number of carbonyl (C=O) groups excluding carboxylic acids is 2. The van der Waals surface area contributed by atoms with Crippen molar-refractivity contribution in [3.63, 3.8) is 0 Å². The van der Waals surface area contributed by atoms with E-state index in [4.69, 9.17) is 0 Å². The Labute approximate surface area is 122 Å². The van der Waals surface area contributed by atoms with Crippen LogP contribution in [0.1, 0.15) is 34.6 Å². The highest BCUT2D eigenvalue weighted by Gasteiger charge is 2.10. The van der Waals surface area contributed by atoms with E-state index in [0.29, 0.717) is 16.9 Å². The molecular weight excluding hydrogens is 268 g/mol. The van der Waals surface area contributed by atoms with E-state index >= 15 is 0 Å². The van der Waals surface area contributed by atoms with Crippen molar-refractivity contribution < 1.29 is 9.59 Å². The molecule has 0 radical (unpaired) electrons. The van der Waals surface area contributed by atoms with Crippen molar-refractivity contribution in [1.29, 1.82) is 0 Å². The Kier molecular flexibility index (Phi) is 4.61. The average molecular weight is 284 g/mol. The van der Waals surface area contributed by atoms with Crippen LogP contribution in [0.15, 0.2) is 42.9 Å². The lowest BCUT2D eigenvalue weighted by Crippen LogP contribution is -2.30. The molecule has 6 nitrogen and oxygen atoms in total. The molecule has 0 aliphatic heterocycles. The van der Waals surface area contributed by atoms with Crippen molar-refractivity contribution in [2.24, 2.45) is 0 Å². The van der Waals surface area contributed by atoms with Crippen molar-refractivity contribution in [2.45, 2.75) is 19.9 Å². The minimum absolute atomic E-state index is 0.0668. The van der Waals surface area contributed by atoms with Crippen LogP contribution in [-0.2, 0) is 0 Å². The molecule has 108 valence electrons. The first kappa shape index (κ1) is 14.6. The van der Waals surface area contributed by atoms with E-state index in [2.05, 4.69) is 20.6 Å². The van der Waals surface area contributed by atoms with Gasteiger partial charge in [-0.1, -0.05) is 0 Å². The summed E-state index contributed by atoms with van der Waals surface area (Å²) in [5, 5.41) is 5.42. The molecule has 1 aromatic heterocycles. The van der Waals surface area contributed by atoms with Crippen LogP contribution in [-0.4, -0.2) is 27.8 Å². The number of aromatic nitrogens is 2. The Morgan fingerprint density at radius 1 is 1.00 bits per heavy atom. The lowest BCUT2D eigenvalue weighted by atomic mass is 10.1. The first-order valence-corrected chi connectivity index (χ1v) is 6.54. The number of nitrogens with zero attached hydrogens (tertiary/aromatic N) is 2. The Bertz CT molecular complexity index is 624. The zero-order valence-corrected chi connectivity index (χ0v) is 11.8. The summed E-state index contributed by atoms with van der Waals surface area (Å²) in [6.07, 6.45) is 4.48. The van der Waals surface area contributed by atoms with Gasteiger partial charge >= 0.3 is 0 Å². The highest BCUT2D eigenvalue weighted by Crippen LogP contribution is 2.07. The molecule has 0 bridgehead atoms. The number of hydrogen-bond donors (Lipinski definition) is 2. The average Bonchev–Trinajstić information content (AvgIpc) is 2.47. The molecule has 2 N–H and O–H groups in total. The molecule has 0 aliphatic rings. The summed E-state index contributed by atoms with van der Waals surface area (Å²) in [5.74, 6) is -0.0821. The standard InChI is InChI=1S/C15H16N4O2/c1-10(2)18-14(20)11-3-5-12(6-4-11)15(21)19-13-9-16-7-8-17-13/h3-10H,1-2H3,(H,18,20)(H,17,19,21). The summed E-state index contributed by atoms with van der Waals surface area (Å²) in [6, 6.07) is 6.49. The SMILES string of the molecule is CC(C)NC(=O)c1ccc(C(=O)Nc2cnccn2)cc1. The smallest absolute Gasteiger partial charge is 0.256 e. The van der Waals surface area contributed by atoms with Crippen molar-refractivity contribution in [2.75, 3.05) is 5.32 Å². The van der Waals surface area contributed by atoms with E-state index in [9.17, 15) is 9.59 Å². The van der Waals surface area contributed by atoms with E-state index in [1.807, 2.05) is 13.8 Å². The monoisotopic (exact) mass is 284 g/mol. The molecule has 21 heavy (non-hydrogen) atoms. The molecule has 1 heterocycles. The molecule has 0 fully saturated rings. The van der Waals surface area contributed by atoms with Gasteiger partial charge < -0.3 is 10.6 Å². The maximum Gasteiger partial charge on any atom is 0.256 e. The topological polar surface area (TPSA) is 84.0 Å². The molecule has 2 aromatic rings. The van der Waals surface area contributed by atoms with Crippen LogP contribution < -0.4 is 10.6 Å². The van der Waals surface area contributed by atoms with E-state index in [1.54, 1.807) is 24.3 Å². The fourth-order valence-corrected chi connectivity index (χ4v) is 1.67. The molecular formula is C15H16N4O2. The maximum atomic E-state index is 12.0. The highest BCUT2D eigenvalue weighted by atomic mass is 16.2. The van der Waals surface area contributed by atoms with Gasteiger partial charge in [-0.2, -0.15) is 0 Å². The van der Waals surface area contributed by atoms with Gasteiger partial charge in [0.15, 0.2) is 5.82 Å². The van der Waals surface area contributed by atoms with Crippen molar-refractivity contribution in [3.8, 4) is 0 Å². The van der Waals surface area contributed by atoms with Gasteiger partial charge in [0, 0.05) is 29.6 Å². The van der Waals surface area contributed by atoms with Gasteiger partial charge in [0.25, 0.3) is 11.8 Å². The van der Waals surface area contributed by atoms with E-state index in [-0.39, 0.29) is 17.9 Å². The number of anilines is 1. The number of hydrogen-bond acceptors (Lipinski definition) is 4. The van der Waals surface area contributed by atoms with Gasteiger partial charge in [0.05, 0.1) is 6.20 Å². The first-order valence-electron chi connectivity index (χ1n) is 6.54. The quantitative estimate of drug-likeness (QED) is 0.897. The number of amides is 2. The summed E-state index contributed by atoms with van der Waals surface area (Å²) in [6.45, 7) is 3.78. The van der Waals surface area contributed by atoms with Crippen LogP contribution in [0.4, 0.5) is 5.82 Å². The number of benzene rings is 1. The lowest BCUT2D eigenvalue weighted by Gasteiger charge is -2.09. The molecule has 2 rings (SSSR count). The third-order valence-electron chi connectivity index (χ3n) is 2.63. The summed E-state index contributed by atoms with van der Waals surface area (Å²) < 4.78 is 0. The van der Waals surface area contributed by atoms with E-state index < -0.39 is 0 Å². The van der Waals surface area contributed by atoms with Gasteiger partial charge in [0.1, 0.15) is 0 Å². The van der Waals surface area contributed by atoms with Crippen LogP contribution >= 0.6 is 0 Å². The fourth-order valence-electron chi connectivity index (χ4n) is 1.67. The number of rotatable bonds is 4. The minimum Gasteiger partial charge on any atom is -0.350 e. The van der Waals surface area contributed by atoms with Crippen LogP contribution in [0.3, 0.4) is 0 Å². The molecule has 6 heteroatoms. The van der Waals surface area contributed by atoms with Crippen LogP contribution in [0.5, 0.6) is 0 Å². The molecule has 0 aliphatic carbocycles. The Balaban J connectivity index is 2.05. The van der Waals surface area contributed by atoms with Crippen molar-refractivity contribution in [1.82, 2.24) is 15.3 Å². The summed E-state index contributed by atoms with van der Waals surface area (Å²) >= 11 is 0. The fraction of sp³-hybridized carbons (Fsp3) is 0.200. The molecule has 2 amide bonds. The number of nitrogens with one attached hydrogen (secondary N) is 2. The third kappa shape index (κ3) is 4.10. The van der Waals surface area contributed by atoms with Gasteiger partial charge in [-0.05, 0) is 38.1 Å². The van der Waals surface area contributed by atoms with Crippen molar-refractivity contribution in [3.05, 3.63) is 54.0 Å². The zero-order valence-electron chi connectivity index (χ0n) is 11.8. The predicted molar refractivity (Wildman–Crippen MR) is 79.0 cm³/mol. The number of carbonyl (C=O) groups is 2. The predicted octanol–water partition coefficient (Wildman–Crippen LogP) is 1.87. The summed E-state index contributed by atoms with van der Waals surface area (Å²) in [5.41, 5.74) is 0.960. The maximum absolute atomic E-state index is 12.0. The summed E-state index contributed by atoms with van der Waals surface area (Å²) in [4.78, 5) is 31.6. The summed E-state index contributed by atoms with van der Waals surface area (Å²) in [7, 11) is 0.